The van der Waals surface area contributed by atoms with Crippen LogP contribution in [-0.4, -0.2) is 35.8 Å². The molecule has 1 atom stereocenters. The lowest BCUT2D eigenvalue weighted by Crippen LogP contribution is -2.23. The Bertz CT molecular complexity index is 960. The van der Waals surface area contributed by atoms with Crippen LogP contribution in [-0.2, 0) is 6.54 Å². The van der Waals surface area contributed by atoms with Gasteiger partial charge in [0.15, 0.2) is 0 Å². The highest BCUT2D eigenvalue weighted by Gasteiger charge is 2.30. The summed E-state index contributed by atoms with van der Waals surface area (Å²) >= 11 is 6.06. The Hall–Kier alpha value is -2.57. The number of methoxy groups -OCH3 is 2. The van der Waals surface area contributed by atoms with E-state index in [1.807, 2.05) is 36.4 Å². The van der Waals surface area contributed by atoms with E-state index in [0.29, 0.717) is 23.3 Å². The van der Waals surface area contributed by atoms with E-state index in [4.69, 9.17) is 25.6 Å². The zero-order chi connectivity index (χ0) is 19.5. The third-order valence-electron chi connectivity index (χ3n) is 5.05. The standard InChI is InChI=1S/C21H22ClN3O3/c1-26-16-8-9-17(19(12-16)27-2)18-7-4-10-25(18)13-20-23-21(24-28-20)14-5-3-6-15(22)11-14/h3,5-6,8-9,11-12,18H,4,7,10,13H2,1-2H3/t18-/m1/s1. The van der Waals surface area contributed by atoms with Crippen LogP contribution in [0.2, 0.25) is 5.02 Å². The van der Waals surface area contributed by atoms with Crippen LogP contribution in [0, 0.1) is 0 Å². The molecule has 1 saturated heterocycles. The van der Waals surface area contributed by atoms with Crippen molar-refractivity contribution in [1.29, 1.82) is 0 Å². The highest BCUT2D eigenvalue weighted by atomic mass is 35.5. The highest BCUT2D eigenvalue weighted by Crippen LogP contribution is 2.39. The molecule has 1 aliphatic heterocycles. The number of nitrogens with zero attached hydrogens (tertiary/aromatic N) is 3. The molecular weight excluding hydrogens is 378 g/mol. The number of hydrogen-bond donors (Lipinski definition) is 0. The van der Waals surface area contributed by atoms with Crippen molar-refractivity contribution >= 4 is 11.6 Å². The van der Waals surface area contributed by atoms with E-state index < -0.39 is 0 Å². The second-order valence-electron chi connectivity index (χ2n) is 6.76. The largest absolute Gasteiger partial charge is 0.497 e. The summed E-state index contributed by atoms with van der Waals surface area (Å²) in [5.74, 6) is 2.76. The Morgan fingerprint density at radius 3 is 2.86 bits per heavy atom. The first-order valence-corrected chi connectivity index (χ1v) is 9.60. The summed E-state index contributed by atoms with van der Waals surface area (Å²) in [6, 6.07) is 13.7. The minimum absolute atomic E-state index is 0.238. The minimum Gasteiger partial charge on any atom is -0.497 e. The topological polar surface area (TPSA) is 60.6 Å². The molecule has 4 rings (SSSR count). The summed E-state index contributed by atoms with van der Waals surface area (Å²) in [6.45, 7) is 1.56. The van der Waals surface area contributed by atoms with E-state index in [2.05, 4.69) is 21.1 Å². The molecule has 146 valence electrons. The summed E-state index contributed by atoms with van der Waals surface area (Å²) in [5.41, 5.74) is 1.99. The first kappa shape index (κ1) is 18.8. The third kappa shape index (κ3) is 3.84. The average molecular weight is 400 g/mol. The van der Waals surface area contributed by atoms with Gasteiger partial charge < -0.3 is 14.0 Å². The second kappa shape index (κ2) is 8.20. The Balaban J connectivity index is 1.54. The van der Waals surface area contributed by atoms with E-state index in [1.165, 1.54) is 0 Å². The third-order valence-corrected chi connectivity index (χ3v) is 5.29. The fraction of sp³-hybridized carbons (Fsp3) is 0.333. The number of aromatic nitrogens is 2. The number of hydrogen-bond acceptors (Lipinski definition) is 6. The number of likely N-dealkylation sites (tertiary alicyclic amines) is 1. The summed E-state index contributed by atoms with van der Waals surface area (Å²) < 4.78 is 16.4. The SMILES string of the molecule is COc1ccc([C@H]2CCCN2Cc2nc(-c3cccc(Cl)c3)no2)c(OC)c1. The van der Waals surface area contributed by atoms with E-state index in [-0.39, 0.29) is 6.04 Å². The molecule has 1 aromatic heterocycles. The van der Waals surface area contributed by atoms with Gasteiger partial charge in [0.2, 0.25) is 11.7 Å². The number of ether oxygens (including phenoxy) is 2. The van der Waals surface area contributed by atoms with Crippen molar-refractivity contribution < 1.29 is 14.0 Å². The first-order valence-electron chi connectivity index (χ1n) is 9.22. The van der Waals surface area contributed by atoms with E-state index >= 15 is 0 Å². The van der Waals surface area contributed by atoms with Crippen molar-refractivity contribution in [3.8, 4) is 22.9 Å². The molecule has 0 aliphatic carbocycles. The minimum atomic E-state index is 0.238. The molecule has 1 aliphatic rings. The van der Waals surface area contributed by atoms with Crippen molar-refractivity contribution in [2.75, 3.05) is 20.8 Å². The normalized spacial score (nSPS) is 17.0. The number of halogens is 1. The highest BCUT2D eigenvalue weighted by molar-refractivity contribution is 6.30. The van der Waals surface area contributed by atoms with Crippen LogP contribution in [0.25, 0.3) is 11.4 Å². The monoisotopic (exact) mass is 399 g/mol. The van der Waals surface area contributed by atoms with Crippen molar-refractivity contribution in [3.63, 3.8) is 0 Å². The van der Waals surface area contributed by atoms with Crippen molar-refractivity contribution in [2.45, 2.75) is 25.4 Å². The molecule has 3 aromatic rings. The lowest BCUT2D eigenvalue weighted by atomic mass is 10.0. The molecule has 0 spiro atoms. The Morgan fingerprint density at radius 1 is 1.18 bits per heavy atom. The summed E-state index contributed by atoms with van der Waals surface area (Å²) in [5, 5.41) is 4.76. The molecule has 2 aromatic carbocycles. The van der Waals surface area contributed by atoms with Gasteiger partial charge >= 0.3 is 0 Å². The second-order valence-corrected chi connectivity index (χ2v) is 7.19. The van der Waals surface area contributed by atoms with E-state index in [1.54, 1.807) is 14.2 Å². The zero-order valence-electron chi connectivity index (χ0n) is 15.9. The molecule has 28 heavy (non-hydrogen) atoms. The van der Waals surface area contributed by atoms with Gasteiger partial charge in [-0.1, -0.05) is 35.0 Å². The van der Waals surface area contributed by atoms with Crippen LogP contribution >= 0.6 is 11.6 Å². The van der Waals surface area contributed by atoms with E-state index in [9.17, 15) is 0 Å². The lowest BCUT2D eigenvalue weighted by molar-refractivity contribution is 0.209. The Labute approximate surface area is 169 Å². The molecule has 2 heterocycles. The maximum absolute atomic E-state index is 6.06. The zero-order valence-corrected chi connectivity index (χ0v) is 16.6. The van der Waals surface area contributed by atoms with Gasteiger partial charge in [-0.15, -0.1) is 0 Å². The van der Waals surface area contributed by atoms with Gasteiger partial charge in [0, 0.05) is 28.3 Å². The van der Waals surface area contributed by atoms with Crippen molar-refractivity contribution in [1.82, 2.24) is 15.0 Å². The van der Waals surface area contributed by atoms with Crippen LogP contribution in [0.1, 0.15) is 30.3 Å². The summed E-state index contributed by atoms with van der Waals surface area (Å²) in [7, 11) is 3.34. The molecule has 6 nitrogen and oxygen atoms in total. The number of rotatable bonds is 6. The van der Waals surface area contributed by atoms with Crippen LogP contribution in [0.5, 0.6) is 11.5 Å². The lowest BCUT2D eigenvalue weighted by Gasteiger charge is -2.25. The van der Waals surface area contributed by atoms with Crippen LogP contribution < -0.4 is 9.47 Å². The van der Waals surface area contributed by atoms with Gasteiger partial charge in [-0.2, -0.15) is 4.98 Å². The van der Waals surface area contributed by atoms with Gasteiger partial charge in [-0.25, -0.2) is 0 Å². The smallest absolute Gasteiger partial charge is 0.241 e. The van der Waals surface area contributed by atoms with Gasteiger partial charge in [-0.05, 0) is 37.6 Å². The molecule has 0 saturated carbocycles. The summed E-state index contributed by atoms with van der Waals surface area (Å²) in [4.78, 5) is 6.90. The van der Waals surface area contributed by atoms with Gasteiger partial charge in [-0.3, -0.25) is 4.90 Å². The molecule has 0 amide bonds. The summed E-state index contributed by atoms with van der Waals surface area (Å²) in [6.07, 6.45) is 2.16. The predicted octanol–water partition coefficient (Wildman–Crippen LogP) is 4.74. The maximum Gasteiger partial charge on any atom is 0.241 e. The quantitative estimate of drug-likeness (QED) is 0.596. The van der Waals surface area contributed by atoms with Crippen LogP contribution in [0.3, 0.4) is 0 Å². The van der Waals surface area contributed by atoms with E-state index in [0.717, 1.165) is 42.0 Å². The molecule has 0 N–H and O–H groups in total. The van der Waals surface area contributed by atoms with Gasteiger partial charge in [0.1, 0.15) is 11.5 Å². The van der Waals surface area contributed by atoms with Crippen LogP contribution in [0.15, 0.2) is 47.0 Å². The fourth-order valence-corrected chi connectivity index (χ4v) is 3.89. The first-order chi connectivity index (χ1) is 13.7. The maximum atomic E-state index is 6.06. The van der Waals surface area contributed by atoms with Crippen molar-refractivity contribution in [2.24, 2.45) is 0 Å². The Morgan fingerprint density at radius 2 is 2.07 bits per heavy atom. The Kier molecular flexibility index (Phi) is 5.50. The molecule has 0 unspecified atom stereocenters. The number of benzene rings is 2. The van der Waals surface area contributed by atoms with Crippen molar-refractivity contribution in [3.05, 3.63) is 58.9 Å². The molecule has 7 heteroatoms. The predicted molar refractivity (Wildman–Crippen MR) is 107 cm³/mol. The average Bonchev–Trinajstić information content (AvgIpc) is 3.37. The van der Waals surface area contributed by atoms with Crippen LogP contribution in [0.4, 0.5) is 0 Å². The molecule has 0 bridgehead atoms. The molecule has 0 radical (unpaired) electrons. The molecule has 1 fully saturated rings. The fourth-order valence-electron chi connectivity index (χ4n) is 3.70. The van der Waals surface area contributed by atoms with Gasteiger partial charge in [0.25, 0.3) is 0 Å². The molecular formula is C21H22ClN3O3. The van der Waals surface area contributed by atoms with Gasteiger partial charge in [0.05, 0.1) is 20.8 Å².